The van der Waals surface area contributed by atoms with Crippen LogP contribution in [0.25, 0.3) is 11.5 Å². The fraction of sp³-hybridized carbons (Fsp3) is 0.167. The molecule has 24 heavy (non-hydrogen) atoms. The summed E-state index contributed by atoms with van der Waals surface area (Å²) in [5, 5.41) is 10.4. The number of anilines is 1. The van der Waals surface area contributed by atoms with Gasteiger partial charge in [0.1, 0.15) is 0 Å². The van der Waals surface area contributed by atoms with Crippen LogP contribution in [-0.2, 0) is 4.79 Å². The Balaban J connectivity index is 1.57. The molecular weight excluding hydrogens is 322 g/mol. The van der Waals surface area contributed by atoms with Crippen LogP contribution in [0.15, 0.2) is 57.8 Å². The molecule has 0 atom stereocenters. The first-order valence-electron chi connectivity index (χ1n) is 7.50. The molecule has 0 saturated heterocycles. The lowest BCUT2D eigenvalue weighted by Crippen LogP contribution is -2.14. The highest BCUT2D eigenvalue weighted by Gasteiger charge is 2.11. The van der Waals surface area contributed by atoms with Gasteiger partial charge in [-0.3, -0.25) is 10.1 Å². The molecule has 0 radical (unpaired) electrons. The van der Waals surface area contributed by atoms with E-state index in [4.69, 9.17) is 4.42 Å². The summed E-state index contributed by atoms with van der Waals surface area (Å²) < 4.78 is 5.46. The van der Waals surface area contributed by atoms with Gasteiger partial charge in [0.2, 0.25) is 11.8 Å². The van der Waals surface area contributed by atoms with Gasteiger partial charge in [0.05, 0.1) is 5.75 Å². The van der Waals surface area contributed by atoms with Crippen molar-refractivity contribution in [3.8, 4) is 11.5 Å². The fourth-order valence-electron chi connectivity index (χ4n) is 2.08. The number of thioether (sulfide) groups is 1. The van der Waals surface area contributed by atoms with Crippen LogP contribution in [0.3, 0.4) is 0 Å². The molecule has 0 bridgehead atoms. The number of amides is 1. The van der Waals surface area contributed by atoms with Gasteiger partial charge in [-0.25, -0.2) is 0 Å². The number of hydrogen-bond acceptors (Lipinski definition) is 5. The SMILES string of the molecule is Cc1ccc(SCC(=O)Nc2nnc(-c3ccccc3)o2)cc1C. The normalized spacial score (nSPS) is 10.6. The summed E-state index contributed by atoms with van der Waals surface area (Å²) in [4.78, 5) is 13.1. The van der Waals surface area contributed by atoms with E-state index in [1.165, 1.54) is 22.9 Å². The minimum absolute atomic E-state index is 0.111. The molecule has 0 aliphatic heterocycles. The van der Waals surface area contributed by atoms with Crippen molar-refractivity contribution in [3.63, 3.8) is 0 Å². The first-order chi connectivity index (χ1) is 11.6. The molecule has 1 heterocycles. The summed E-state index contributed by atoms with van der Waals surface area (Å²) in [6.45, 7) is 4.12. The minimum atomic E-state index is -0.179. The molecule has 1 amide bonds. The number of rotatable bonds is 5. The van der Waals surface area contributed by atoms with Crippen LogP contribution in [0.5, 0.6) is 0 Å². The lowest BCUT2D eigenvalue weighted by molar-refractivity contribution is -0.113. The Hall–Kier alpha value is -2.60. The van der Waals surface area contributed by atoms with E-state index < -0.39 is 0 Å². The average Bonchev–Trinajstić information content (AvgIpc) is 3.05. The predicted molar refractivity (Wildman–Crippen MR) is 95.0 cm³/mol. The van der Waals surface area contributed by atoms with E-state index in [0.717, 1.165) is 10.5 Å². The van der Waals surface area contributed by atoms with Crippen molar-refractivity contribution < 1.29 is 9.21 Å². The summed E-state index contributed by atoms with van der Waals surface area (Å²) in [5.74, 6) is 0.486. The molecule has 0 fully saturated rings. The van der Waals surface area contributed by atoms with Crippen LogP contribution in [-0.4, -0.2) is 21.9 Å². The number of aromatic nitrogens is 2. The van der Waals surface area contributed by atoms with Gasteiger partial charge in [0, 0.05) is 10.5 Å². The Kier molecular flexibility index (Phi) is 4.96. The van der Waals surface area contributed by atoms with Crippen molar-refractivity contribution in [1.82, 2.24) is 10.2 Å². The standard InChI is InChI=1S/C18H17N3O2S/c1-12-8-9-15(10-13(12)2)24-11-16(22)19-18-21-20-17(23-18)14-6-4-3-5-7-14/h3-10H,11H2,1-2H3,(H,19,21,22). The zero-order valence-electron chi connectivity index (χ0n) is 13.4. The molecule has 3 aromatic rings. The second kappa shape index (κ2) is 7.31. The largest absolute Gasteiger partial charge is 0.403 e. The van der Waals surface area contributed by atoms with Crippen LogP contribution in [0.4, 0.5) is 6.01 Å². The summed E-state index contributed by atoms with van der Waals surface area (Å²) in [5.41, 5.74) is 3.27. The molecule has 1 N–H and O–H groups in total. The molecule has 0 unspecified atom stereocenters. The van der Waals surface area contributed by atoms with E-state index in [1.54, 1.807) is 0 Å². The lowest BCUT2D eigenvalue weighted by atomic mass is 10.1. The van der Waals surface area contributed by atoms with E-state index in [0.29, 0.717) is 5.89 Å². The van der Waals surface area contributed by atoms with Gasteiger partial charge in [0.25, 0.3) is 0 Å². The molecule has 0 aliphatic rings. The lowest BCUT2D eigenvalue weighted by Gasteiger charge is -2.04. The molecule has 6 heteroatoms. The molecular formula is C18H17N3O2S. The van der Waals surface area contributed by atoms with Crippen molar-refractivity contribution in [3.05, 3.63) is 59.7 Å². The Morgan fingerprint density at radius 3 is 2.62 bits per heavy atom. The van der Waals surface area contributed by atoms with Crippen molar-refractivity contribution in [1.29, 1.82) is 0 Å². The summed E-state index contributed by atoms with van der Waals surface area (Å²) in [6, 6.07) is 15.7. The zero-order chi connectivity index (χ0) is 16.9. The molecule has 0 saturated carbocycles. The monoisotopic (exact) mass is 339 g/mol. The summed E-state index contributed by atoms with van der Waals surface area (Å²) in [7, 11) is 0. The topological polar surface area (TPSA) is 68.0 Å². The van der Waals surface area contributed by atoms with E-state index in [1.807, 2.05) is 36.4 Å². The summed E-state index contributed by atoms with van der Waals surface area (Å²) >= 11 is 1.47. The van der Waals surface area contributed by atoms with Crippen LogP contribution in [0.1, 0.15) is 11.1 Å². The van der Waals surface area contributed by atoms with E-state index >= 15 is 0 Å². The van der Waals surface area contributed by atoms with Crippen LogP contribution >= 0.6 is 11.8 Å². The summed E-state index contributed by atoms with van der Waals surface area (Å²) in [6.07, 6.45) is 0. The second-order valence-corrected chi connectivity index (χ2v) is 6.41. The predicted octanol–water partition coefficient (Wildman–Crippen LogP) is 4.08. The first kappa shape index (κ1) is 16.3. The van der Waals surface area contributed by atoms with E-state index in [9.17, 15) is 4.79 Å². The zero-order valence-corrected chi connectivity index (χ0v) is 14.3. The highest BCUT2D eigenvalue weighted by molar-refractivity contribution is 8.00. The Morgan fingerprint density at radius 2 is 1.88 bits per heavy atom. The van der Waals surface area contributed by atoms with Gasteiger partial charge >= 0.3 is 6.01 Å². The van der Waals surface area contributed by atoms with Crippen molar-refractivity contribution in [2.75, 3.05) is 11.1 Å². The van der Waals surface area contributed by atoms with E-state index in [-0.39, 0.29) is 17.7 Å². The molecule has 122 valence electrons. The van der Waals surface area contributed by atoms with Gasteiger partial charge in [-0.15, -0.1) is 16.9 Å². The molecule has 3 rings (SSSR count). The van der Waals surface area contributed by atoms with Crippen LogP contribution in [0.2, 0.25) is 0 Å². The quantitative estimate of drug-likeness (QED) is 0.709. The Morgan fingerprint density at radius 1 is 1.08 bits per heavy atom. The van der Waals surface area contributed by atoms with Gasteiger partial charge in [-0.05, 0) is 49.2 Å². The molecule has 0 spiro atoms. The molecule has 2 aromatic carbocycles. The van der Waals surface area contributed by atoms with Crippen molar-refractivity contribution >= 4 is 23.7 Å². The third kappa shape index (κ3) is 4.02. The van der Waals surface area contributed by atoms with Gasteiger partial charge in [-0.1, -0.05) is 29.4 Å². The number of benzene rings is 2. The Labute approximate surface area is 144 Å². The van der Waals surface area contributed by atoms with Crippen LogP contribution < -0.4 is 5.32 Å². The molecule has 0 aliphatic carbocycles. The Bertz CT molecular complexity index is 846. The van der Waals surface area contributed by atoms with Gasteiger partial charge in [0.15, 0.2) is 0 Å². The number of carbonyl (C=O) groups is 1. The van der Waals surface area contributed by atoms with Gasteiger partial charge < -0.3 is 4.42 Å². The third-order valence-electron chi connectivity index (χ3n) is 3.54. The first-order valence-corrected chi connectivity index (χ1v) is 8.49. The maximum absolute atomic E-state index is 12.0. The van der Waals surface area contributed by atoms with Crippen molar-refractivity contribution in [2.45, 2.75) is 18.7 Å². The number of aryl methyl sites for hydroxylation is 2. The molecule has 1 aromatic heterocycles. The third-order valence-corrected chi connectivity index (χ3v) is 4.53. The fourth-order valence-corrected chi connectivity index (χ4v) is 2.87. The van der Waals surface area contributed by atoms with E-state index in [2.05, 4.69) is 41.5 Å². The average molecular weight is 339 g/mol. The second-order valence-electron chi connectivity index (χ2n) is 5.36. The number of nitrogens with zero attached hydrogens (tertiary/aromatic N) is 2. The maximum atomic E-state index is 12.0. The smallest absolute Gasteiger partial charge is 0.322 e. The minimum Gasteiger partial charge on any atom is -0.403 e. The van der Waals surface area contributed by atoms with Crippen LogP contribution in [0, 0.1) is 13.8 Å². The number of carbonyl (C=O) groups excluding carboxylic acids is 1. The van der Waals surface area contributed by atoms with Crippen molar-refractivity contribution in [2.24, 2.45) is 0 Å². The molecule has 5 nitrogen and oxygen atoms in total. The number of nitrogens with one attached hydrogen (secondary N) is 1. The maximum Gasteiger partial charge on any atom is 0.322 e. The highest BCUT2D eigenvalue weighted by atomic mass is 32.2. The highest BCUT2D eigenvalue weighted by Crippen LogP contribution is 2.22. The number of hydrogen-bond donors (Lipinski definition) is 1. The van der Waals surface area contributed by atoms with Gasteiger partial charge in [-0.2, -0.15) is 0 Å².